The van der Waals surface area contributed by atoms with E-state index in [9.17, 15) is 29.0 Å². The number of rotatable bonds is 6. The van der Waals surface area contributed by atoms with Crippen molar-refractivity contribution in [3.8, 4) is 0 Å². The number of nitrogen functional groups attached to an aromatic ring is 1. The van der Waals surface area contributed by atoms with Crippen LogP contribution in [0.3, 0.4) is 0 Å². The average Bonchev–Trinajstić information content (AvgIpc) is 3.01. The summed E-state index contributed by atoms with van der Waals surface area (Å²) in [6, 6.07) is 0. The average molecular weight is 474 g/mol. The first-order chi connectivity index (χ1) is 13.3. The number of nitrogens with two attached hydrogens (primary N) is 1. The van der Waals surface area contributed by atoms with Crippen LogP contribution in [-0.4, -0.2) is 64.3 Å². The summed E-state index contributed by atoms with van der Waals surface area (Å²) in [7, 11) is 1.53. The van der Waals surface area contributed by atoms with Gasteiger partial charge in [-0.25, -0.2) is 13.7 Å². The molecule has 3 heterocycles. The molecule has 0 amide bonds. The lowest BCUT2D eigenvalue weighted by Crippen LogP contribution is -2.46. The lowest BCUT2D eigenvalue weighted by molar-refractivity contribution is -0.745. The van der Waals surface area contributed by atoms with Crippen molar-refractivity contribution in [1.82, 2.24) is 14.5 Å². The second-order valence-electron chi connectivity index (χ2n) is 6.14. The molecule has 15 nitrogen and oxygen atoms in total. The molecule has 1 unspecified atom stereocenters. The number of nitrogens with one attached hydrogen (secondary N) is 1. The number of H-pyrrole nitrogens is 1. The lowest BCUT2D eigenvalue weighted by atomic mass is 10.1. The molecule has 0 radical (unpaired) electrons. The summed E-state index contributed by atoms with van der Waals surface area (Å²) < 4.78 is 35.3. The van der Waals surface area contributed by atoms with Crippen molar-refractivity contribution in [2.75, 3.05) is 12.3 Å². The second kappa shape index (κ2) is 7.74. The molecule has 3 rings (SSSR count). The van der Waals surface area contributed by atoms with Crippen LogP contribution in [0, 0.1) is 0 Å². The summed E-state index contributed by atoms with van der Waals surface area (Å²) in [6.07, 6.45) is -4.34. The maximum atomic E-state index is 12.1. The quantitative estimate of drug-likeness (QED) is 0.172. The number of aromatic amines is 1. The fourth-order valence-corrected chi connectivity index (χ4v) is 7.50. The minimum atomic E-state index is -4.90. The van der Waals surface area contributed by atoms with E-state index in [1.807, 2.05) is 0 Å². The Balaban J connectivity index is 1.84. The van der Waals surface area contributed by atoms with E-state index in [0.717, 1.165) is 0 Å². The summed E-state index contributed by atoms with van der Waals surface area (Å²) in [6.45, 7) is -10.4. The molecule has 1 aliphatic heterocycles. The molecule has 0 aliphatic carbocycles. The van der Waals surface area contributed by atoms with Crippen LogP contribution in [0.25, 0.3) is 11.2 Å². The van der Waals surface area contributed by atoms with Crippen molar-refractivity contribution < 1.29 is 47.9 Å². The Labute approximate surface area is 165 Å². The number of anilines is 1. The summed E-state index contributed by atoms with van der Waals surface area (Å²) >= 11 is -0.565. The summed E-state index contributed by atoms with van der Waals surface area (Å²) in [5.74, 6) is -0.189. The molecule has 1 saturated heterocycles. The van der Waals surface area contributed by atoms with Crippen LogP contribution in [0.4, 0.5) is 5.95 Å². The van der Waals surface area contributed by atoms with Gasteiger partial charge in [0.1, 0.15) is 18.3 Å². The van der Waals surface area contributed by atoms with Gasteiger partial charge in [-0.1, -0.05) is 4.98 Å². The largest absolute Gasteiger partial charge is 0.397 e. The van der Waals surface area contributed by atoms with Crippen LogP contribution in [0.15, 0.2) is 11.1 Å². The predicted octanol–water partition coefficient (Wildman–Crippen LogP) is -2.31. The number of fused-ring (bicyclic) bond motifs is 1. The first-order valence-corrected chi connectivity index (χ1v) is 13.0. The Morgan fingerprint density at radius 1 is 1.38 bits per heavy atom. The molecule has 8 N–H and O–H groups in total. The van der Waals surface area contributed by atoms with Gasteiger partial charge in [0.25, 0.3) is 11.5 Å². The zero-order valence-electron chi connectivity index (χ0n) is 14.6. The van der Waals surface area contributed by atoms with E-state index in [2.05, 4.69) is 14.5 Å². The SMILES string of the molecule is Cn1c[n+]([C@@H]2O[C@H](COP(=O)(O)SP(=O)(O)O)[C@@H](O)[C@H]2O)c2nc(N)[nH]c(=O)c21. The minimum Gasteiger partial charge on any atom is -0.387 e. The molecule has 5 atom stereocenters. The molecular weight excluding hydrogens is 456 g/mol. The van der Waals surface area contributed by atoms with Gasteiger partial charge in [0.05, 0.1) is 24.7 Å². The molecule has 0 bridgehead atoms. The summed E-state index contributed by atoms with van der Waals surface area (Å²) in [5, 5.41) is 20.5. The predicted molar refractivity (Wildman–Crippen MR) is 97.3 cm³/mol. The smallest absolute Gasteiger partial charge is 0.387 e. The van der Waals surface area contributed by atoms with Gasteiger partial charge in [-0.2, -0.15) is 0 Å². The maximum Gasteiger partial charge on any atom is 0.397 e. The Kier molecular flexibility index (Phi) is 5.97. The molecule has 29 heavy (non-hydrogen) atoms. The van der Waals surface area contributed by atoms with Gasteiger partial charge in [-0.3, -0.25) is 18.9 Å². The number of hydrogen-bond acceptors (Lipinski definition) is 10. The molecular formula is C11H18N5O10P2S+. The van der Waals surface area contributed by atoms with Crippen molar-refractivity contribution in [2.24, 2.45) is 7.05 Å². The van der Waals surface area contributed by atoms with Crippen molar-refractivity contribution in [2.45, 2.75) is 24.5 Å². The number of aliphatic hydroxyl groups is 2. The number of imidazole rings is 1. The number of aliphatic hydroxyl groups excluding tert-OH is 2. The summed E-state index contributed by atoms with van der Waals surface area (Å²) in [5.41, 5.74) is 5.17. The molecule has 0 saturated carbocycles. The molecule has 2 aromatic heterocycles. The van der Waals surface area contributed by atoms with E-state index in [0.29, 0.717) is 0 Å². The highest BCUT2D eigenvalue weighted by atomic mass is 33.1. The summed E-state index contributed by atoms with van der Waals surface area (Å²) in [4.78, 5) is 45.4. The number of hydrogen-bond donors (Lipinski definition) is 7. The van der Waals surface area contributed by atoms with E-state index >= 15 is 0 Å². The van der Waals surface area contributed by atoms with E-state index in [1.165, 1.54) is 22.5 Å². The van der Waals surface area contributed by atoms with Gasteiger partial charge >= 0.3 is 19.2 Å². The molecule has 2 aromatic rings. The van der Waals surface area contributed by atoms with Crippen molar-refractivity contribution >= 4 is 41.7 Å². The topological polar surface area (TPSA) is 234 Å². The minimum absolute atomic E-state index is 0.0523. The second-order valence-corrected chi connectivity index (χ2v) is 13.3. The van der Waals surface area contributed by atoms with Crippen LogP contribution in [0.1, 0.15) is 6.23 Å². The molecule has 0 aromatic carbocycles. The third-order valence-corrected chi connectivity index (χ3v) is 10.3. The first kappa shape index (κ1) is 22.4. The number of nitrogens with zero attached hydrogens (tertiary/aromatic N) is 3. The third kappa shape index (κ3) is 4.72. The highest BCUT2D eigenvalue weighted by Crippen LogP contribution is 2.72. The molecule has 1 aliphatic rings. The molecule has 0 spiro atoms. The van der Waals surface area contributed by atoms with Crippen LogP contribution in [0.5, 0.6) is 0 Å². The highest BCUT2D eigenvalue weighted by Gasteiger charge is 2.48. The zero-order chi connectivity index (χ0) is 21.7. The number of aromatic nitrogens is 4. The van der Waals surface area contributed by atoms with Crippen LogP contribution >= 0.6 is 24.6 Å². The van der Waals surface area contributed by atoms with E-state index in [1.54, 1.807) is 0 Å². The van der Waals surface area contributed by atoms with Gasteiger partial charge < -0.3 is 35.4 Å². The van der Waals surface area contributed by atoms with E-state index in [-0.39, 0.29) is 17.1 Å². The molecule has 162 valence electrons. The zero-order valence-corrected chi connectivity index (χ0v) is 17.2. The molecule has 18 heteroatoms. The van der Waals surface area contributed by atoms with Crippen LogP contribution < -0.4 is 15.9 Å². The fourth-order valence-electron chi connectivity index (χ4n) is 2.88. The van der Waals surface area contributed by atoms with Gasteiger partial charge in [-0.15, -0.1) is 0 Å². The highest BCUT2D eigenvalue weighted by molar-refractivity contribution is 8.84. The van der Waals surface area contributed by atoms with Gasteiger partial charge in [0.15, 0.2) is 6.33 Å². The first-order valence-electron chi connectivity index (χ1n) is 7.81. The Hall–Kier alpha value is -1.32. The fraction of sp³-hybridized carbons (Fsp3) is 0.545. The van der Waals surface area contributed by atoms with Crippen molar-refractivity contribution in [3.05, 3.63) is 16.7 Å². The third-order valence-electron chi connectivity index (χ3n) is 4.01. The van der Waals surface area contributed by atoms with Gasteiger partial charge in [0, 0.05) is 0 Å². The Morgan fingerprint density at radius 2 is 2.03 bits per heavy atom. The normalized spacial score (nSPS) is 27.4. The Morgan fingerprint density at radius 3 is 2.66 bits per heavy atom. The monoisotopic (exact) mass is 474 g/mol. The van der Waals surface area contributed by atoms with Crippen molar-refractivity contribution in [1.29, 1.82) is 0 Å². The van der Waals surface area contributed by atoms with Gasteiger partial charge in [-0.05, 0) is 0 Å². The van der Waals surface area contributed by atoms with Crippen LogP contribution in [-0.2, 0) is 25.4 Å². The standard InChI is InChI=1S/C11H17N5O10P2S/c1-15-3-16(8-5(15)9(19)14-11(12)13-8)10-7(18)6(17)4(26-10)2-25-28(23,24)29-27(20,21)22/h3-4,6-7,10,17-18H,2H2,1H3,(H5-,12,13,14,19,20,21,22,23,24)/p+1/t4-,6-,7-,10-/m1/s1. The van der Waals surface area contributed by atoms with E-state index < -0.39 is 61.3 Å². The van der Waals surface area contributed by atoms with Crippen LogP contribution in [0.2, 0.25) is 0 Å². The van der Waals surface area contributed by atoms with Gasteiger partial charge in [0.2, 0.25) is 11.7 Å². The van der Waals surface area contributed by atoms with Crippen molar-refractivity contribution in [3.63, 3.8) is 0 Å². The number of ether oxygens (including phenoxy) is 1. The van der Waals surface area contributed by atoms with E-state index in [4.69, 9.17) is 20.3 Å². The lowest BCUT2D eigenvalue weighted by Gasteiger charge is -2.17. The maximum absolute atomic E-state index is 12.1. The Bertz CT molecular complexity index is 1080. The molecule has 1 fully saturated rings. The number of aryl methyl sites for hydroxylation is 1.